The van der Waals surface area contributed by atoms with Crippen LogP contribution >= 0.6 is 0 Å². The van der Waals surface area contributed by atoms with E-state index in [4.69, 9.17) is 6.42 Å². The molecule has 1 atom stereocenters. The number of nitrogens with one attached hydrogen (secondary N) is 1. The van der Waals surface area contributed by atoms with Crippen LogP contribution < -0.4 is 5.32 Å². The minimum Gasteiger partial charge on any atom is -0.347 e. The lowest BCUT2D eigenvalue weighted by Crippen LogP contribution is -2.33. The molecule has 14 heavy (non-hydrogen) atoms. The van der Waals surface area contributed by atoms with Gasteiger partial charge in [0.05, 0.1) is 0 Å². The Bertz CT molecular complexity index is 362. The molecular formula is C10H13N3O. The van der Waals surface area contributed by atoms with E-state index in [0.29, 0.717) is 12.1 Å². The highest BCUT2D eigenvalue weighted by Crippen LogP contribution is 1.97. The third-order valence-corrected chi connectivity index (χ3v) is 1.86. The van der Waals surface area contributed by atoms with Gasteiger partial charge >= 0.3 is 0 Å². The largest absolute Gasteiger partial charge is 0.347 e. The maximum atomic E-state index is 11.6. The summed E-state index contributed by atoms with van der Waals surface area (Å²) in [5.74, 6) is 2.35. The minimum atomic E-state index is -0.146. The van der Waals surface area contributed by atoms with E-state index in [0.717, 1.165) is 0 Å². The van der Waals surface area contributed by atoms with Crippen molar-refractivity contribution in [2.45, 2.75) is 19.4 Å². The maximum absolute atomic E-state index is 11.6. The Hall–Kier alpha value is -1.76. The molecule has 1 rings (SSSR count). The van der Waals surface area contributed by atoms with Gasteiger partial charge in [0.15, 0.2) is 0 Å². The van der Waals surface area contributed by atoms with E-state index in [1.54, 1.807) is 19.3 Å². The second-order valence-corrected chi connectivity index (χ2v) is 3.12. The third-order valence-electron chi connectivity index (χ3n) is 1.86. The number of nitrogens with zero attached hydrogens (tertiary/aromatic N) is 2. The van der Waals surface area contributed by atoms with Gasteiger partial charge in [0.1, 0.15) is 5.69 Å². The zero-order valence-electron chi connectivity index (χ0n) is 8.32. The SMILES string of the molecule is C#CCC(C)NC(=O)c1ccnn1C. The van der Waals surface area contributed by atoms with Crippen LogP contribution in [0.2, 0.25) is 0 Å². The van der Waals surface area contributed by atoms with E-state index >= 15 is 0 Å². The normalized spacial score (nSPS) is 11.8. The smallest absolute Gasteiger partial charge is 0.269 e. The van der Waals surface area contributed by atoms with Crippen LogP contribution in [-0.2, 0) is 7.05 Å². The van der Waals surface area contributed by atoms with Gasteiger partial charge in [-0.1, -0.05) is 0 Å². The van der Waals surface area contributed by atoms with E-state index < -0.39 is 0 Å². The summed E-state index contributed by atoms with van der Waals surface area (Å²) in [4.78, 5) is 11.6. The fourth-order valence-electron chi connectivity index (χ4n) is 1.12. The van der Waals surface area contributed by atoms with Gasteiger partial charge < -0.3 is 5.32 Å². The number of terminal acetylenes is 1. The molecule has 1 N–H and O–H groups in total. The van der Waals surface area contributed by atoms with Gasteiger partial charge in [0, 0.05) is 25.7 Å². The molecule has 0 aromatic carbocycles. The summed E-state index contributed by atoms with van der Waals surface area (Å²) in [7, 11) is 1.72. The molecule has 0 spiro atoms. The van der Waals surface area contributed by atoms with Gasteiger partial charge in [-0.05, 0) is 13.0 Å². The van der Waals surface area contributed by atoms with Gasteiger partial charge in [-0.25, -0.2) is 0 Å². The molecule has 0 radical (unpaired) electrons. The highest BCUT2D eigenvalue weighted by molar-refractivity contribution is 5.92. The molecule has 4 nitrogen and oxygen atoms in total. The number of amides is 1. The summed E-state index contributed by atoms with van der Waals surface area (Å²) in [6, 6.07) is 1.65. The Kier molecular flexibility index (Phi) is 3.29. The lowest BCUT2D eigenvalue weighted by molar-refractivity contribution is 0.0931. The van der Waals surface area contributed by atoms with Crippen molar-refractivity contribution < 1.29 is 4.79 Å². The van der Waals surface area contributed by atoms with Crippen LogP contribution in [0.4, 0.5) is 0 Å². The first-order valence-corrected chi connectivity index (χ1v) is 4.37. The first-order chi connectivity index (χ1) is 6.65. The molecule has 0 aliphatic carbocycles. The van der Waals surface area contributed by atoms with E-state index in [1.165, 1.54) is 4.68 Å². The summed E-state index contributed by atoms with van der Waals surface area (Å²) in [6.07, 6.45) is 7.25. The van der Waals surface area contributed by atoms with Crippen LogP contribution in [0.1, 0.15) is 23.8 Å². The number of hydrogen-bond donors (Lipinski definition) is 1. The van der Waals surface area contributed by atoms with Crippen molar-refractivity contribution >= 4 is 5.91 Å². The van der Waals surface area contributed by atoms with Crippen molar-refractivity contribution in [2.24, 2.45) is 7.05 Å². The predicted molar refractivity (Wildman–Crippen MR) is 53.6 cm³/mol. The minimum absolute atomic E-state index is 0.0117. The molecule has 0 aliphatic rings. The van der Waals surface area contributed by atoms with Crippen LogP contribution in [0.5, 0.6) is 0 Å². The Balaban J connectivity index is 2.60. The summed E-state index contributed by atoms with van der Waals surface area (Å²) in [6.45, 7) is 1.87. The van der Waals surface area contributed by atoms with Crippen LogP contribution in [0.25, 0.3) is 0 Å². The first-order valence-electron chi connectivity index (χ1n) is 4.37. The predicted octanol–water partition coefficient (Wildman–Crippen LogP) is 0.562. The molecule has 4 heteroatoms. The van der Waals surface area contributed by atoms with E-state index in [2.05, 4.69) is 16.3 Å². The second-order valence-electron chi connectivity index (χ2n) is 3.12. The van der Waals surface area contributed by atoms with Crippen LogP contribution in [-0.4, -0.2) is 21.7 Å². The van der Waals surface area contributed by atoms with Gasteiger partial charge in [0.2, 0.25) is 0 Å². The van der Waals surface area contributed by atoms with Crippen LogP contribution in [0, 0.1) is 12.3 Å². The first kappa shape index (κ1) is 10.3. The molecule has 1 aromatic rings. The number of aryl methyl sites for hydroxylation is 1. The van der Waals surface area contributed by atoms with E-state index in [-0.39, 0.29) is 11.9 Å². The number of rotatable bonds is 3. The van der Waals surface area contributed by atoms with E-state index in [1.807, 2.05) is 6.92 Å². The topological polar surface area (TPSA) is 46.9 Å². The third kappa shape index (κ3) is 2.36. The Morgan fingerprint density at radius 3 is 3.07 bits per heavy atom. The zero-order valence-corrected chi connectivity index (χ0v) is 8.32. The van der Waals surface area contributed by atoms with Gasteiger partial charge in [-0.2, -0.15) is 5.10 Å². The molecule has 0 bridgehead atoms. The fourth-order valence-corrected chi connectivity index (χ4v) is 1.12. The van der Waals surface area contributed by atoms with E-state index in [9.17, 15) is 4.79 Å². The Labute approximate surface area is 83.3 Å². The van der Waals surface area contributed by atoms with Crippen molar-refractivity contribution in [3.05, 3.63) is 18.0 Å². The molecule has 1 aromatic heterocycles. The highest BCUT2D eigenvalue weighted by Gasteiger charge is 2.11. The summed E-state index contributed by atoms with van der Waals surface area (Å²) < 4.78 is 1.53. The Morgan fingerprint density at radius 1 is 1.86 bits per heavy atom. The molecule has 0 fully saturated rings. The molecule has 0 saturated carbocycles. The van der Waals surface area contributed by atoms with Gasteiger partial charge in [0.25, 0.3) is 5.91 Å². The molecular weight excluding hydrogens is 178 g/mol. The monoisotopic (exact) mass is 191 g/mol. The maximum Gasteiger partial charge on any atom is 0.269 e. The summed E-state index contributed by atoms with van der Waals surface area (Å²) in [5.41, 5.74) is 0.536. The molecule has 0 saturated heterocycles. The van der Waals surface area contributed by atoms with Crippen molar-refractivity contribution in [3.8, 4) is 12.3 Å². The molecule has 1 heterocycles. The summed E-state index contributed by atoms with van der Waals surface area (Å²) in [5, 5.41) is 6.69. The molecule has 74 valence electrons. The van der Waals surface area contributed by atoms with Gasteiger partial charge in [-0.3, -0.25) is 9.48 Å². The Morgan fingerprint density at radius 2 is 2.57 bits per heavy atom. The lowest BCUT2D eigenvalue weighted by atomic mass is 10.2. The standard InChI is InChI=1S/C10H13N3O/c1-4-5-8(2)12-10(14)9-6-7-11-13(9)3/h1,6-8H,5H2,2-3H3,(H,12,14). The van der Waals surface area contributed by atoms with Gasteiger partial charge in [-0.15, -0.1) is 12.3 Å². The van der Waals surface area contributed by atoms with Crippen LogP contribution in [0.3, 0.4) is 0 Å². The van der Waals surface area contributed by atoms with Crippen molar-refractivity contribution in [1.29, 1.82) is 0 Å². The summed E-state index contributed by atoms with van der Waals surface area (Å²) >= 11 is 0. The molecule has 1 amide bonds. The second kappa shape index (κ2) is 4.47. The number of carbonyl (C=O) groups excluding carboxylic acids is 1. The highest BCUT2D eigenvalue weighted by atomic mass is 16.2. The number of aromatic nitrogens is 2. The average molecular weight is 191 g/mol. The van der Waals surface area contributed by atoms with Crippen molar-refractivity contribution in [1.82, 2.24) is 15.1 Å². The zero-order chi connectivity index (χ0) is 10.6. The molecule has 1 unspecified atom stereocenters. The van der Waals surface area contributed by atoms with Crippen LogP contribution in [0.15, 0.2) is 12.3 Å². The average Bonchev–Trinajstić information content (AvgIpc) is 2.51. The number of carbonyl (C=O) groups is 1. The van der Waals surface area contributed by atoms with Crippen molar-refractivity contribution in [3.63, 3.8) is 0 Å². The quantitative estimate of drug-likeness (QED) is 0.710. The molecule has 0 aliphatic heterocycles. The lowest BCUT2D eigenvalue weighted by Gasteiger charge is -2.10. The fraction of sp³-hybridized carbons (Fsp3) is 0.400. The van der Waals surface area contributed by atoms with Crippen molar-refractivity contribution in [2.75, 3.05) is 0 Å². The number of hydrogen-bond acceptors (Lipinski definition) is 2.